The Bertz CT molecular complexity index is 253. The molecule has 4 nitrogen and oxygen atoms in total. The van der Waals surface area contributed by atoms with Crippen molar-refractivity contribution in [3.05, 3.63) is 0 Å². The van der Waals surface area contributed by atoms with Gasteiger partial charge in [0.1, 0.15) is 0 Å². The van der Waals surface area contributed by atoms with Crippen molar-refractivity contribution in [3.8, 4) is 0 Å². The Morgan fingerprint density at radius 3 is 2.53 bits per heavy atom. The fourth-order valence-electron chi connectivity index (χ4n) is 2.66. The molecule has 0 saturated heterocycles. The van der Waals surface area contributed by atoms with Crippen molar-refractivity contribution in [1.82, 2.24) is 15.5 Å². The SMILES string of the molecule is CSCCCNC(=O)NC1CCC(CN(C)C)CC1. The van der Waals surface area contributed by atoms with Crippen molar-refractivity contribution in [1.29, 1.82) is 0 Å². The standard InChI is InChI=1S/C14H29N3OS/c1-17(2)11-12-5-7-13(8-6-12)16-14(18)15-9-4-10-19-3/h12-13H,4-11H2,1-3H3,(H2,15,16,18). The average molecular weight is 287 g/mol. The maximum Gasteiger partial charge on any atom is 0.315 e. The van der Waals surface area contributed by atoms with Crippen molar-refractivity contribution in [2.24, 2.45) is 5.92 Å². The van der Waals surface area contributed by atoms with Crippen LogP contribution in [-0.2, 0) is 0 Å². The lowest BCUT2D eigenvalue weighted by Gasteiger charge is -2.30. The van der Waals surface area contributed by atoms with Gasteiger partial charge in [0, 0.05) is 19.1 Å². The van der Waals surface area contributed by atoms with Crippen LogP contribution in [0, 0.1) is 5.92 Å². The van der Waals surface area contributed by atoms with E-state index in [4.69, 9.17) is 0 Å². The minimum atomic E-state index is 0.0113. The van der Waals surface area contributed by atoms with E-state index in [0.29, 0.717) is 6.04 Å². The number of urea groups is 1. The summed E-state index contributed by atoms with van der Waals surface area (Å²) in [5, 5.41) is 6.04. The lowest BCUT2D eigenvalue weighted by Crippen LogP contribution is -2.44. The van der Waals surface area contributed by atoms with Crippen molar-refractivity contribution in [3.63, 3.8) is 0 Å². The molecule has 2 N–H and O–H groups in total. The molecule has 0 bridgehead atoms. The molecule has 112 valence electrons. The van der Waals surface area contributed by atoms with E-state index < -0.39 is 0 Å². The van der Waals surface area contributed by atoms with Crippen molar-refractivity contribution in [2.75, 3.05) is 39.2 Å². The van der Waals surface area contributed by atoms with Crippen LogP contribution in [0.5, 0.6) is 0 Å². The zero-order valence-electron chi connectivity index (χ0n) is 12.6. The first-order chi connectivity index (χ1) is 9.11. The molecule has 0 aliphatic heterocycles. The molecule has 0 aromatic rings. The van der Waals surface area contributed by atoms with Gasteiger partial charge in [-0.3, -0.25) is 0 Å². The Morgan fingerprint density at radius 1 is 1.26 bits per heavy atom. The Morgan fingerprint density at radius 2 is 1.95 bits per heavy atom. The number of amides is 2. The number of nitrogens with one attached hydrogen (secondary N) is 2. The quantitative estimate of drug-likeness (QED) is 0.705. The van der Waals surface area contributed by atoms with Gasteiger partial charge in [0.2, 0.25) is 0 Å². The Balaban J connectivity index is 2.09. The van der Waals surface area contributed by atoms with E-state index in [1.165, 1.54) is 19.4 Å². The van der Waals surface area contributed by atoms with Gasteiger partial charge in [-0.15, -0.1) is 0 Å². The molecule has 0 aromatic heterocycles. The predicted molar refractivity (Wildman–Crippen MR) is 83.8 cm³/mol. The van der Waals surface area contributed by atoms with Gasteiger partial charge in [-0.25, -0.2) is 4.79 Å². The van der Waals surface area contributed by atoms with Crippen LogP contribution in [0.3, 0.4) is 0 Å². The third-order valence-electron chi connectivity index (χ3n) is 3.62. The molecular formula is C14H29N3OS. The van der Waals surface area contributed by atoms with Crippen LogP contribution in [0.2, 0.25) is 0 Å². The number of hydrogen-bond donors (Lipinski definition) is 2. The molecule has 0 aromatic carbocycles. The second-order valence-electron chi connectivity index (χ2n) is 5.73. The number of thioether (sulfide) groups is 1. The van der Waals surface area contributed by atoms with E-state index in [-0.39, 0.29) is 6.03 Å². The highest BCUT2D eigenvalue weighted by Gasteiger charge is 2.22. The van der Waals surface area contributed by atoms with Crippen molar-refractivity contribution >= 4 is 17.8 Å². The molecule has 0 spiro atoms. The van der Waals surface area contributed by atoms with E-state index in [9.17, 15) is 4.79 Å². The molecule has 5 heteroatoms. The predicted octanol–water partition coefficient (Wildman–Crippen LogP) is 2.16. The van der Waals surface area contributed by atoms with Gasteiger partial charge in [-0.1, -0.05) is 0 Å². The fourth-order valence-corrected chi connectivity index (χ4v) is 3.09. The lowest BCUT2D eigenvalue weighted by molar-refractivity contribution is 0.216. The van der Waals surface area contributed by atoms with Crippen LogP contribution in [0.25, 0.3) is 0 Å². The van der Waals surface area contributed by atoms with Gasteiger partial charge < -0.3 is 15.5 Å². The van der Waals surface area contributed by atoms with Gasteiger partial charge in [0.25, 0.3) is 0 Å². The van der Waals surface area contributed by atoms with E-state index in [1.807, 2.05) is 11.8 Å². The first kappa shape index (κ1) is 16.6. The van der Waals surface area contributed by atoms with Gasteiger partial charge in [0.15, 0.2) is 0 Å². The molecule has 1 saturated carbocycles. The number of hydrogen-bond acceptors (Lipinski definition) is 3. The van der Waals surface area contributed by atoms with Crippen LogP contribution in [0.1, 0.15) is 32.1 Å². The topological polar surface area (TPSA) is 44.4 Å². The van der Waals surface area contributed by atoms with E-state index in [1.54, 1.807) is 0 Å². The zero-order chi connectivity index (χ0) is 14.1. The summed E-state index contributed by atoms with van der Waals surface area (Å²) in [4.78, 5) is 14.0. The van der Waals surface area contributed by atoms with Crippen LogP contribution in [-0.4, -0.2) is 56.2 Å². The molecule has 2 amide bonds. The fraction of sp³-hybridized carbons (Fsp3) is 0.929. The van der Waals surface area contributed by atoms with Gasteiger partial charge >= 0.3 is 6.03 Å². The highest BCUT2D eigenvalue weighted by atomic mass is 32.2. The molecule has 1 aliphatic rings. The first-order valence-electron chi connectivity index (χ1n) is 7.30. The van der Waals surface area contributed by atoms with Gasteiger partial charge in [-0.05, 0) is 64.1 Å². The van der Waals surface area contributed by atoms with E-state index in [0.717, 1.165) is 37.5 Å². The second-order valence-corrected chi connectivity index (χ2v) is 6.71. The molecule has 0 heterocycles. The number of carbonyl (C=O) groups excluding carboxylic acids is 1. The molecule has 19 heavy (non-hydrogen) atoms. The van der Waals surface area contributed by atoms with E-state index >= 15 is 0 Å². The molecule has 0 unspecified atom stereocenters. The monoisotopic (exact) mass is 287 g/mol. The molecule has 1 rings (SSSR count). The van der Waals surface area contributed by atoms with Crippen LogP contribution < -0.4 is 10.6 Å². The summed E-state index contributed by atoms with van der Waals surface area (Å²) >= 11 is 1.82. The largest absolute Gasteiger partial charge is 0.338 e. The van der Waals surface area contributed by atoms with Crippen molar-refractivity contribution in [2.45, 2.75) is 38.1 Å². The highest BCUT2D eigenvalue weighted by Crippen LogP contribution is 2.24. The van der Waals surface area contributed by atoms with Crippen LogP contribution >= 0.6 is 11.8 Å². The lowest BCUT2D eigenvalue weighted by atomic mass is 9.86. The minimum absolute atomic E-state index is 0.0113. The summed E-state index contributed by atoms with van der Waals surface area (Å²) in [6.07, 6.45) is 7.84. The summed E-state index contributed by atoms with van der Waals surface area (Å²) in [6.45, 7) is 1.95. The minimum Gasteiger partial charge on any atom is -0.338 e. The highest BCUT2D eigenvalue weighted by molar-refractivity contribution is 7.98. The second kappa shape index (κ2) is 9.48. The Hall–Kier alpha value is -0.420. The number of carbonyl (C=O) groups is 1. The maximum atomic E-state index is 11.7. The maximum absolute atomic E-state index is 11.7. The van der Waals surface area contributed by atoms with Crippen LogP contribution in [0.15, 0.2) is 0 Å². The van der Waals surface area contributed by atoms with E-state index in [2.05, 4.69) is 35.9 Å². The Labute approximate surface area is 122 Å². The number of nitrogens with zero attached hydrogens (tertiary/aromatic N) is 1. The molecule has 0 radical (unpaired) electrons. The van der Waals surface area contributed by atoms with Gasteiger partial charge in [-0.2, -0.15) is 11.8 Å². The third-order valence-corrected chi connectivity index (χ3v) is 4.31. The molecular weight excluding hydrogens is 258 g/mol. The molecule has 0 atom stereocenters. The summed E-state index contributed by atoms with van der Waals surface area (Å²) in [7, 11) is 4.26. The average Bonchev–Trinajstić information content (AvgIpc) is 2.36. The Kier molecular flexibility index (Phi) is 8.30. The normalized spacial score (nSPS) is 23.4. The summed E-state index contributed by atoms with van der Waals surface area (Å²) < 4.78 is 0. The third kappa shape index (κ3) is 7.67. The smallest absolute Gasteiger partial charge is 0.315 e. The summed E-state index contributed by atoms with van der Waals surface area (Å²) in [5.41, 5.74) is 0. The van der Waals surface area contributed by atoms with Crippen molar-refractivity contribution < 1.29 is 4.79 Å². The van der Waals surface area contributed by atoms with Gasteiger partial charge in [0.05, 0.1) is 0 Å². The number of rotatable bonds is 7. The summed E-state index contributed by atoms with van der Waals surface area (Å²) in [6, 6.07) is 0.385. The summed E-state index contributed by atoms with van der Waals surface area (Å²) in [5.74, 6) is 1.91. The molecule has 1 fully saturated rings. The molecule has 1 aliphatic carbocycles. The first-order valence-corrected chi connectivity index (χ1v) is 8.69. The van der Waals surface area contributed by atoms with Crippen LogP contribution in [0.4, 0.5) is 4.79 Å². The zero-order valence-corrected chi connectivity index (χ0v) is 13.4.